The van der Waals surface area contributed by atoms with Gasteiger partial charge in [0.1, 0.15) is 6.10 Å². The van der Waals surface area contributed by atoms with Crippen LogP contribution in [0.4, 0.5) is 0 Å². The van der Waals surface area contributed by atoms with Crippen LogP contribution in [-0.4, -0.2) is 46.9 Å². The number of nitrogens with one attached hydrogen (secondary N) is 1. The van der Waals surface area contributed by atoms with Gasteiger partial charge >= 0.3 is 5.97 Å². The van der Waals surface area contributed by atoms with Crippen LogP contribution in [-0.2, 0) is 14.3 Å². The smallest absolute Gasteiger partial charge is 0.306 e. The summed E-state index contributed by atoms with van der Waals surface area (Å²) < 4.78 is 5.92. The zero-order chi connectivity index (χ0) is 46.7. The van der Waals surface area contributed by atoms with Gasteiger partial charge in [-0.3, -0.25) is 9.59 Å². The molecule has 0 saturated carbocycles. The van der Waals surface area contributed by atoms with E-state index in [2.05, 4.69) is 74.7 Å². The van der Waals surface area contributed by atoms with Crippen molar-refractivity contribution in [1.82, 2.24) is 5.32 Å². The van der Waals surface area contributed by atoms with Gasteiger partial charge in [-0.25, -0.2) is 0 Å². The molecule has 1 amide bonds. The Kier molecular flexibility index (Phi) is 49.1. The molecule has 0 aliphatic heterocycles. The standard InChI is InChI=1S/C58H103NO5/c1-4-7-10-13-16-19-22-25-27-28-30-32-34-37-40-43-46-49-54(64-58(63)51-48-45-42-39-36-31-24-21-18-15-12-9-6-3)52-57(62)59-55(53-60)56(61)50-47-44-41-38-35-33-29-26-23-20-17-14-11-8-5-2/h9,12,15-16,18-19,21,24-25,27,31,36,54-56,60-61H,4-8,10-11,13-14,17,20,22-23,26,28-30,32-35,37-53H2,1-3H3,(H,59,62)/b12-9+,18-15+,19-16-,24-21-,27-25-,36-31-. The molecule has 0 saturated heterocycles. The Morgan fingerprint density at radius 3 is 1.44 bits per heavy atom. The second-order valence-corrected chi connectivity index (χ2v) is 18.3. The highest BCUT2D eigenvalue weighted by Crippen LogP contribution is 2.18. The zero-order valence-corrected chi connectivity index (χ0v) is 42.1. The molecular weight excluding hydrogens is 791 g/mol. The van der Waals surface area contributed by atoms with Crippen LogP contribution >= 0.6 is 0 Å². The highest BCUT2D eigenvalue weighted by atomic mass is 16.5. The van der Waals surface area contributed by atoms with E-state index in [-0.39, 0.29) is 24.9 Å². The van der Waals surface area contributed by atoms with Crippen molar-refractivity contribution in [2.45, 2.75) is 277 Å². The number of hydrogen-bond donors (Lipinski definition) is 3. The molecule has 0 aromatic heterocycles. The number of aliphatic hydroxyl groups is 2. The second-order valence-electron chi connectivity index (χ2n) is 18.3. The van der Waals surface area contributed by atoms with Gasteiger partial charge in [-0.1, -0.05) is 241 Å². The Morgan fingerprint density at radius 2 is 0.906 bits per heavy atom. The molecule has 64 heavy (non-hydrogen) atoms. The monoisotopic (exact) mass is 894 g/mol. The summed E-state index contributed by atoms with van der Waals surface area (Å²) in [6, 6.07) is -0.716. The van der Waals surface area contributed by atoms with E-state index in [1.54, 1.807) is 0 Å². The van der Waals surface area contributed by atoms with Crippen LogP contribution in [0.25, 0.3) is 0 Å². The molecule has 6 nitrogen and oxygen atoms in total. The molecule has 0 radical (unpaired) electrons. The maximum Gasteiger partial charge on any atom is 0.306 e. The number of unbranched alkanes of at least 4 members (excludes halogenated alkanes) is 27. The van der Waals surface area contributed by atoms with Crippen molar-refractivity contribution in [1.29, 1.82) is 0 Å². The molecule has 0 bridgehead atoms. The van der Waals surface area contributed by atoms with Gasteiger partial charge in [0.25, 0.3) is 0 Å². The van der Waals surface area contributed by atoms with Crippen molar-refractivity contribution < 1.29 is 24.5 Å². The van der Waals surface area contributed by atoms with Crippen molar-refractivity contribution in [2.24, 2.45) is 0 Å². The molecule has 0 aliphatic rings. The molecule has 3 unspecified atom stereocenters. The highest BCUT2D eigenvalue weighted by molar-refractivity contribution is 5.77. The maximum atomic E-state index is 13.2. The van der Waals surface area contributed by atoms with E-state index in [1.165, 1.54) is 128 Å². The van der Waals surface area contributed by atoms with Crippen molar-refractivity contribution in [3.05, 3.63) is 72.9 Å². The van der Waals surface area contributed by atoms with Gasteiger partial charge in [0.05, 0.1) is 25.2 Å². The fraction of sp³-hybridized carbons (Fsp3) is 0.759. The van der Waals surface area contributed by atoms with Gasteiger partial charge in [-0.2, -0.15) is 0 Å². The third-order valence-corrected chi connectivity index (χ3v) is 12.1. The molecule has 0 rings (SSSR count). The number of aliphatic hydroxyl groups excluding tert-OH is 2. The number of carbonyl (C=O) groups excluding carboxylic acids is 2. The van der Waals surface area contributed by atoms with E-state index < -0.39 is 18.2 Å². The van der Waals surface area contributed by atoms with Crippen molar-refractivity contribution >= 4 is 11.9 Å². The van der Waals surface area contributed by atoms with E-state index in [1.807, 2.05) is 24.3 Å². The van der Waals surface area contributed by atoms with E-state index in [4.69, 9.17) is 4.74 Å². The molecule has 0 fully saturated rings. The molecule has 370 valence electrons. The van der Waals surface area contributed by atoms with Crippen LogP contribution in [0.5, 0.6) is 0 Å². The van der Waals surface area contributed by atoms with Gasteiger partial charge in [0.2, 0.25) is 5.91 Å². The first-order chi connectivity index (χ1) is 31.5. The lowest BCUT2D eigenvalue weighted by molar-refractivity contribution is -0.151. The predicted octanol–water partition coefficient (Wildman–Crippen LogP) is 16.6. The lowest BCUT2D eigenvalue weighted by Gasteiger charge is -2.24. The molecule has 0 aromatic carbocycles. The quantitative estimate of drug-likeness (QED) is 0.0245. The van der Waals surface area contributed by atoms with E-state index in [9.17, 15) is 19.8 Å². The Balaban J connectivity index is 4.63. The third-order valence-electron chi connectivity index (χ3n) is 12.1. The summed E-state index contributed by atoms with van der Waals surface area (Å²) in [5, 5.41) is 23.8. The molecule has 3 N–H and O–H groups in total. The Morgan fingerprint density at radius 1 is 0.484 bits per heavy atom. The summed E-state index contributed by atoms with van der Waals surface area (Å²) in [5.41, 5.74) is 0. The van der Waals surface area contributed by atoms with Gasteiger partial charge in [-0.15, -0.1) is 0 Å². The number of esters is 1. The normalized spacial score (nSPS) is 13.8. The zero-order valence-electron chi connectivity index (χ0n) is 42.1. The number of hydrogen-bond acceptors (Lipinski definition) is 5. The summed E-state index contributed by atoms with van der Waals surface area (Å²) in [4.78, 5) is 26.2. The molecule has 0 aromatic rings. The number of ether oxygens (including phenoxy) is 1. The summed E-state index contributed by atoms with van der Waals surface area (Å²) >= 11 is 0. The molecule has 3 atom stereocenters. The first kappa shape index (κ1) is 61.3. The molecule has 0 aliphatic carbocycles. The summed E-state index contributed by atoms with van der Waals surface area (Å²) in [6.45, 7) is 6.32. The predicted molar refractivity (Wildman–Crippen MR) is 278 cm³/mol. The minimum absolute atomic E-state index is 0.0540. The van der Waals surface area contributed by atoms with Gasteiger partial charge < -0.3 is 20.3 Å². The van der Waals surface area contributed by atoms with Crippen LogP contribution in [0.2, 0.25) is 0 Å². The SMILES string of the molecule is CC/C=C/C=C/C=C\C=C/CCCCCC(=O)OC(CCCCCCCCC/C=C\C/C=C\CCCCC)CC(=O)NC(CO)C(O)CCCCCCCCCCCCCCCCC. The Hall–Kier alpha value is -2.70. The van der Waals surface area contributed by atoms with E-state index in [0.717, 1.165) is 83.5 Å². The summed E-state index contributed by atoms with van der Waals surface area (Å²) in [7, 11) is 0. The fourth-order valence-corrected chi connectivity index (χ4v) is 8.00. The van der Waals surface area contributed by atoms with Crippen LogP contribution in [0.1, 0.15) is 258 Å². The minimum atomic E-state index is -0.800. The average Bonchev–Trinajstić information content (AvgIpc) is 3.29. The fourth-order valence-electron chi connectivity index (χ4n) is 8.00. The molecule has 6 heteroatoms. The second kappa shape index (κ2) is 51.3. The first-order valence-electron chi connectivity index (χ1n) is 27.2. The van der Waals surface area contributed by atoms with Gasteiger partial charge in [0.15, 0.2) is 0 Å². The number of carbonyl (C=O) groups is 2. The molecular formula is C58H103NO5. The first-order valence-corrected chi connectivity index (χ1v) is 27.2. The largest absolute Gasteiger partial charge is 0.462 e. The molecule has 0 heterocycles. The Bertz CT molecular complexity index is 1190. The number of rotatable bonds is 48. The minimum Gasteiger partial charge on any atom is -0.462 e. The van der Waals surface area contributed by atoms with Crippen molar-refractivity contribution in [3.8, 4) is 0 Å². The topological polar surface area (TPSA) is 95.9 Å². The lowest BCUT2D eigenvalue weighted by Crippen LogP contribution is -2.46. The van der Waals surface area contributed by atoms with Gasteiger partial charge in [0, 0.05) is 6.42 Å². The van der Waals surface area contributed by atoms with Gasteiger partial charge in [-0.05, 0) is 77.0 Å². The summed E-state index contributed by atoms with van der Waals surface area (Å²) in [6.07, 6.45) is 65.3. The number of amides is 1. The summed E-state index contributed by atoms with van der Waals surface area (Å²) in [5.74, 6) is -0.526. The van der Waals surface area contributed by atoms with Crippen LogP contribution in [0.15, 0.2) is 72.9 Å². The third kappa shape index (κ3) is 45.9. The van der Waals surface area contributed by atoms with E-state index >= 15 is 0 Å². The number of allylic oxidation sites excluding steroid dienone is 12. The average molecular weight is 894 g/mol. The van der Waals surface area contributed by atoms with Crippen molar-refractivity contribution in [2.75, 3.05) is 6.61 Å². The van der Waals surface area contributed by atoms with E-state index in [0.29, 0.717) is 19.3 Å². The van der Waals surface area contributed by atoms with Crippen LogP contribution < -0.4 is 5.32 Å². The van der Waals surface area contributed by atoms with Crippen LogP contribution in [0, 0.1) is 0 Å². The maximum absolute atomic E-state index is 13.2. The lowest BCUT2D eigenvalue weighted by atomic mass is 10.0. The molecule has 0 spiro atoms. The van der Waals surface area contributed by atoms with Crippen molar-refractivity contribution in [3.63, 3.8) is 0 Å². The Labute approximate surface area is 396 Å². The van der Waals surface area contributed by atoms with Crippen LogP contribution in [0.3, 0.4) is 0 Å². The highest BCUT2D eigenvalue weighted by Gasteiger charge is 2.24.